The number of rotatable bonds is 4. The zero-order valence-corrected chi connectivity index (χ0v) is 13.5. The van der Waals surface area contributed by atoms with E-state index < -0.39 is 10.0 Å². The number of carbonyl (C=O) groups excluding carboxylic acids is 1. The first-order valence-electron chi connectivity index (χ1n) is 7.28. The maximum atomic E-state index is 12.9. The SMILES string of the molecule is NS(=O)(=O)c1ccc(N2CCN(Cc3ccc(F)cc3)C2=O)cc1. The molecule has 2 aromatic carbocycles. The Bertz CT molecular complexity index is 851. The number of urea groups is 1. The highest BCUT2D eigenvalue weighted by Crippen LogP contribution is 2.23. The number of benzene rings is 2. The minimum atomic E-state index is -3.76. The van der Waals surface area contributed by atoms with Gasteiger partial charge < -0.3 is 4.90 Å². The zero-order valence-electron chi connectivity index (χ0n) is 12.7. The van der Waals surface area contributed by atoms with Crippen molar-refractivity contribution in [2.75, 3.05) is 18.0 Å². The van der Waals surface area contributed by atoms with Crippen LogP contribution in [0.25, 0.3) is 0 Å². The van der Waals surface area contributed by atoms with Gasteiger partial charge in [0.1, 0.15) is 5.82 Å². The quantitative estimate of drug-likeness (QED) is 0.915. The third kappa shape index (κ3) is 3.39. The van der Waals surface area contributed by atoms with Gasteiger partial charge in [-0.3, -0.25) is 4.90 Å². The van der Waals surface area contributed by atoms with Crippen LogP contribution in [0, 0.1) is 5.82 Å². The van der Waals surface area contributed by atoms with Gasteiger partial charge in [-0.25, -0.2) is 22.7 Å². The predicted molar refractivity (Wildman–Crippen MR) is 87.4 cm³/mol. The Kier molecular flexibility index (Phi) is 4.25. The van der Waals surface area contributed by atoms with Crippen molar-refractivity contribution < 1.29 is 17.6 Å². The molecule has 3 rings (SSSR count). The fraction of sp³-hybridized carbons (Fsp3) is 0.188. The van der Waals surface area contributed by atoms with Gasteiger partial charge in [0.2, 0.25) is 10.0 Å². The second kappa shape index (κ2) is 6.21. The first-order chi connectivity index (χ1) is 11.3. The zero-order chi connectivity index (χ0) is 17.3. The number of hydrogen-bond donors (Lipinski definition) is 1. The molecular formula is C16H16FN3O3S. The standard InChI is InChI=1S/C16H16FN3O3S/c17-13-3-1-12(2-4-13)11-19-9-10-20(16(19)21)14-5-7-15(8-6-14)24(18,22)23/h1-8H,9-11H2,(H2,18,22,23). The first-order valence-corrected chi connectivity index (χ1v) is 8.83. The fourth-order valence-electron chi connectivity index (χ4n) is 2.59. The lowest BCUT2D eigenvalue weighted by atomic mass is 10.2. The summed E-state index contributed by atoms with van der Waals surface area (Å²) in [4.78, 5) is 15.7. The molecule has 2 amide bonds. The van der Waals surface area contributed by atoms with Gasteiger partial charge in [-0.15, -0.1) is 0 Å². The molecule has 1 aliphatic rings. The number of sulfonamides is 1. The molecule has 1 heterocycles. The highest BCUT2D eigenvalue weighted by molar-refractivity contribution is 7.89. The van der Waals surface area contributed by atoms with Gasteiger partial charge in [0.05, 0.1) is 4.90 Å². The lowest BCUT2D eigenvalue weighted by Gasteiger charge is -2.19. The van der Waals surface area contributed by atoms with Gasteiger partial charge in [0.15, 0.2) is 0 Å². The molecule has 0 spiro atoms. The van der Waals surface area contributed by atoms with E-state index in [1.54, 1.807) is 34.1 Å². The van der Waals surface area contributed by atoms with Crippen molar-refractivity contribution >= 4 is 21.7 Å². The number of nitrogens with two attached hydrogens (primary N) is 1. The van der Waals surface area contributed by atoms with Crippen LogP contribution in [0.2, 0.25) is 0 Å². The Hall–Kier alpha value is -2.45. The van der Waals surface area contributed by atoms with Crippen molar-refractivity contribution in [1.29, 1.82) is 0 Å². The highest BCUT2D eigenvalue weighted by Gasteiger charge is 2.29. The predicted octanol–water partition coefficient (Wildman–Crippen LogP) is 1.92. The van der Waals surface area contributed by atoms with Crippen molar-refractivity contribution in [3.63, 3.8) is 0 Å². The van der Waals surface area contributed by atoms with Crippen LogP contribution in [-0.4, -0.2) is 32.4 Å². The lowest BCUT2D eigenvalue weighted by molar-refractivity contribution is 0.219. The number of amides is 2. The highest BCUT2D eigenvalue weighted by atomic mass is 32.2. The van der Waals surface area contributed by atoms with Crippen LogP contribution >= 0.6 is 0 Å². The Labute approximate surface area is 139 Å². The average molecular weight is 349 g/mol. The molecule has 0 radical (unpaired) electrons. The van der Waals surface area contributed by atoms with Crippen molar-refractivity contribution in [1.82, 2.24) is 4.90 Å². The van der Waals surface area contributed by atoms with Crippen molar-refractivity contribution in [2.45, 2.75) is 11.4 Å². The van der Waals surface area contributed by atoms with E-state index in [1.165, 1.54) is 24.3 Å². The maximum Gasteiger partial charge on any atom is 0.324 e. The second-order valence-electron chi connectivity index (χ2n) is 5.52. The van der Waals surface area contributed by atoms with Crippen LogP contribution in [0.15, 0.2) is 53.4 Å². The van der Waals surface area contributed by atoms with Gasteiger partial charge in [0.25, 0.3) is 0 Å². The third-order valence-corrected chi connectivity index (χ3v) is 4.79. The summed E-state index contributed by atoms with van der Waals surface area (Å²) in [7, 11) is -3.76. The number of hydrogen-bond acceptors (Lipinski definition) is 3. The molecule has 2 N–H and O–H groups in total. The molecule has 0 atom stereocenters. The van der Waals surface area contributed by atoms with E-state index in [0.29, 0.717) is 25.3 Å². The number of nitrogens with zero attached hydrogens (tertiary/aromatic N) is 2. The molecule has 0 bridgehead atoms. The lowest BCUT2D eigenvalue weighted by Crippen LogP contribution is -2.31. The Morgan fingerprint density at radius 1 is 1.00 bits per heavy atom. The van der Waals surface area contributed by atoms with Crippen LogP contribution < -0.4 is 10.0 Å². The fourth-order valence-corrected chi connectivity index (χ4v) is 3.11. The maximum absolute atomic E-state index is 12.9. The molecule has 24 heavy (non-hydrogen) atoms. The summed E-state index contributed by atoms with van der Waals surface area (Å²) in [6.45, 7) is 1.42. The molecule has 1 saturated heterocycles. The van der Waals surface area contributed by atoms with Gasteiger partial charge in [-0.1, -0.05) is 12.1 Å². The monoisotopic (exact) mass is 349 g/mol. The Balaban J connectivity index is 1.73. The smallest absolute Gasteiger partial charge is 0.318 e. The molecule has 1 aliphatic heterocycles. The molecular weight excluding hydrogens is 333 g/mol. The van der Waals surface area contributed by atoms with Gasteiger partial charge in [0, 0.05) is 25.3 Å². The molecule has 0 aromatic heterocycles. The number of carbonyl (C=O) groups is 1. The molecule has 2 aromatic rings. The largest absolute Gasteiger partial charge is 0.324 e. The molecule has 126 valence electrons. The molecule has 8 heteroatoms. The van der Waals surface area contributed by atoms with E-state index in [4.69, 9.17) is 5.14 Å². The summed E-state index contributed by atoms with van der Waals surface area (Å²) in [6, 6.07) is 11.7. The summed E-state index contributed by atoms with van der Waals surface area (Å²) in [5, 5.41) is 5.06. The van der Waals surface area contributed by atoms with E-state index in [-0.39, 0.29) is 16.7 Å². The van der Waals surface area contributed by atoms with E-state index in [9.17, 15) is 17.6 Å². The summed E-state index contributed by atoms with van der Waals surface area (Å²) in [6.07, 6.45) is 0. The van der Waals surface area contributed by atoms with Crippen LogP contribution in [0.4, 0.5) is 14.9 Å². The van der Waals surface area contributed by atoms with Gasteiger partial charge in [-0.2, -0.15) is 0 Å². The minimum Gasteiger partial charge on any atom is -0.318 e. The minimum absolute atomic E-state index is 0.000985. The van der Waals surface area contributed by atoms with Crippen LogP contribution in [-0.2, 0) is 16.6 Å². The molecule has 0 saturated carbocycles. The normalized spacial score (nSPS) is 15.2. The molecule has 1 fully saturated rings. The first kappa shape index (κ1) is 16.4. The van der Waals surface area contributed by atoms with Gasteiger partial charge >= 0.3 is 6.03 Å². The third-order valence-electron chi connectivity index (χ3n) is 3.86. The molecule has 6 nitrogen and oxygen atoms in total. The van der Waals surface area contributed by atoms with Crippen LogP contribution in [0.5, 0.6) is 0 Å². The molecule has 0 aliphatic carbocycles. The molecule has 0 unspecified atom stereocenters. The topological polar surface area (TPSA) is 83.7 Å². The summed E-state index contributed by atoms with van der Waals surface area (Å²) >= 11 is 0. The van der Waals surface area contributed by atoms with Crippen LogP contribution in [0.1, 0.15) is 5.56 Å². The number of halogens is 1. The summed E-state index contributed by atoms with van der Waals surface area (Å²) < 4.78 is 35.5. The van der Waals surface area contributed by atoms with E-state index >= 15 is 0 Å². The number of primary sulfonamides is 1. The van der Waals surface area contributed by atoms with E-state index in [0.717, 1.165) is 5.56 Å². The van der Waals surface area contributed by atoms with Crippen molar-refractivity contribution in [3.8, 4) is 0 Å². The summed E-state index contributed by atoms with van der Waals surface area (Å²) in [5.41, 5.74) is 1.45. The number of anilines is 1. The average Bonchev–Trinajstić information content (AvgIpc) is 2.90. The van der Waals surface area contributed by atoms with E-state index in [1.807, 2.05) is 0 Å². The van der Waals surface area contributed by atoms with Gasteiger partial charge in [-0.05, 0) is 42.0 Å². The van der Waals surface area contributed by atoms with Crippen molar-refractivity contribution in [2.24, 2.45) is 5.14 Å². The second-order valence-corrected chi connectivity index (χ2v) is 7.08. The van der Waals surface area contributed by atoms with E-state index in [2.05, 4.69) is 0 Å². The Morgan fingerprint density at radius 3 is 2.21 bits per heavy atom. The van der Waals surface area contributed by atoms with Crippen molar-refractivity contribution in [3.05, 3.63) is 59.9 Å². The Morgan fingerprint density at radius 2 is 1.62 bits per heavy atom. The van der Waals surface area contributed by atoms with Crippen LogP contribution in [0.3, 0.4) is 0 Å². The summed E-state index contributed by atoms with van der Waals surface area (Å²) in [5.74, 6) is -0.317.